The van der Waals surface area contributed by atoms with Crippen LogP contribution in [0.2, 0.25) is 0 Å². The molecule has 19 heavy (non-hydrogen) atoms. The van der Waals surface area contributed by atoms with Crippen LogP contribution in [0.25, 0.3) is 0 Å². The fraction of sp³-hybridized carbons (Fsp3) is 0.500. The predicted molar refractivity (Wildman–Crippen MR) is 68.6 cm³/mol. The normalized spacial score (nSPS) is 16.0. The molecule has 2 amide bonds. The predicted octanol–water partition coefficient (Wildman–Crippen LogP) is 3.05. The van der Waals surface area contributed by atoms with Crippen molar-refractivity contribution in [1.82, 2.24) is 10.2 Å². The van der Waals surface area contributed by atoms with E-state index in [1.807, 2.05) is 0 Å². The third kappa shape index (κ3) is 3.91. The van der Waals surface area contributed by atoms with Gasteiger partial charge in [-0.15, -0.1) is 0 Å². The Morgan fingerprint density at radius 2 is 1.84 bits per heavy atom. The molecule has 1 fully saturated rings. The molecular formula is C14H18F2N2O. The van der Waals surface area contributed by atoms with Crippen LogP contribution in [-0.4, -0.2) is 24.0 Å². The van der Waals surface area contributed by atoms with Crippen LogP contribution in [0.3, 0.4) is 0 Å². The van der Waals surface area contributed by atoms with Crippen LogP contribution in [0.15, 0.2) is 18.2 Å². The molecule has 1 aliphatic heterocycles. The van der Waals surface area contributed by atoms with Crippen molar-refractivity contribution in [2.75, 3.05) is 13.1 Å². The fourth-order valence-electron chi connectivity index (χ4n) is 2.22. The van der Waals surface area contributed by atoms with E-state index in [0.717, 1.165) is 44.8 Å². The number of likely N-dealkylation sites (tertiary alicyclic amines) is 1. The summed E-state index contributed by atoms with van der Waals surface area (Å²) in [5.41, 5.74) is 0.296. The maximum Gasteiger partial charge on any atom is 0.317 e. The SMILES string of the molecule is O=C(NCc1ccc(F)cc1F)N1CCCCCC1. The Bertz CT molecular complexity index is 443. The fourth-order valence-corrected chi connectivity index (χ4v) is 2.22. The Morgan fingerprint density at radius 1 is 1.16 bits per heavy atom. The lowest BCUT2D eigenvalue weighted by Gasteiger charge is -2.20. The zero-order valence-corrected chi connectivity index (χ0v) is 10.8. The molecule has 0 spiro atoms. The number of nitrogens with one attached hydrogen (secondary N) is 1. The van der Waals surface area contributed by atoms with E-state index in [0.29, 0.717) is 5.56 Å². The standard InChI is InChI=1S/C14H18F2N2O/c15-12-6-5-11(13(16)9-12)10-17-14(19)18-7-3-1-2-4-8-18/h5-6,9H,1-4,7-8,10H2,(H,17,19). The van der Waals surface area contributed by atoms with Gasteiger partial charge in [0.15, 0.2) is 0 Å². The molecule has 0 saturated carbocycles. The van der Waals surface area contributed by atoms with Crippen LogP contribution in [0.1, 0.15) is 31.2 Å². The smallest absolute Gasteiger partial charge is 0.317 e. The number of nitrogens with zero attached hydrogens (tertiary/aromatic N) is 1. The van der Waals surface area contributed by atoms with E-state index in [2.05, 4.69) is 5.32 Å². The summed E-state index contributed by atoms with van der Waals surface area (Å²) in [6.45, 7) is 1.58. The van der Waals surface area contributed by atoms with E-state index >= 15 is 0 Å². The Kier molecular flexibility index (Phi) is 4.71. The lowest BCUT2D eigenvalue weighted by molar-refractivity contribution is 0.199. The van der Waals surface area contributed by atoms with E-state index in [9.17, 15) is 13.6 Å². The van der Waals surface area contributed by atoms with Crippen LogP contribution in [0.4, 0.5) is 13.6 Å². The van der Waals surface area contributed by atoms with Crippen molar-refractivity contribution in [2.24, 2.45) is 0 Å². The maximum absolute atomic E-state index is 13.4. The molecule has 1 heterocycles. The lowest BCUT2D eigenvalue weighted by atomic mass is 10.2. The number of hydrogen-bond acceptors (Lipinski definition) is 1. The highest BCUT2D eigenvalue weighted by Gasteiger charge is 2.15. The molecule has 1 aromatic carbocycles. The van der Waals surface area contributed by atoms with Crippen molar-refractivity contribution in [1.29, 1.82) is 0 Å². The second-order valence-electron chi connectivity index (χ2n) is 4.80. The van der Waals surface area contributed by atoms with Crippen molar-refractivity contribution >= 4 is 6.03 Å². The van der Waals surface area contributed by atoms with E-state index in [1.54, 1.807) is 4.90 Å². The summed E-state index contributed by atoms with van der Waals surface area (Å²) in [5, 5.41) is 2.68. The second kappa shape index (κ2) is 6.50. The van der Waals surface area contributed by atoms with Gasteiger partial charge in [0.25, 0.3) is 0 Å². The largest absolute Gasteiger partial charge is 0.334 e. The van der Waals surface area contributed by atoms with Crippen molar-refractivity contribution in [3.8, 4) is 0 Å². The van der Waals surface area contributed by atoms with Gasteiger partial charge in [-0.3, -0.25) is 0 Å². The number of benzene rings is 1. The number of urea groups is 1. The first-order chi connectivity index (χ1) is 9.16. The molecule has 0 radical (unpaired) electrons. The highest BCUT2D eigenvalue weighted by Crippen LogP contribution is 2.11. The number of carbonyl (C=O) groups is 1. The molecule has 0 bridgehead atoms. The molecule has 1 aliphatic rings. The number of halogens is 2. The van der Waals surface area contributed by atoms with Crippen LogP contribution in [-0.2, 0) is 6.54 Å². The number of amides is 2. The van der Waals surface area contributed by atoms with Gasteiger partial charge in [0.2, 0.25) is 0 Å². The quantitative estimate of drug-likeness (QED) is 0.878. The Hall–Kier alpha value is -1.65. The Labute approximate surface area is 111 Å². The average Bonchev–Trinajstić information content (AvgIpc) is 2.66. The van der Waals surface area contributed by atoms with Gasteiger partial charge >= 0.3 is 6.03 Å². The number of carbonyl (C=O) groups excluding carboxylic acids is 1. The zero-order chi connectivity index (χ0) is 13.7. The van der Waals surface area contributed by atoms with Gasteiger partial charge in [-0.1, -0.05) is 18.9 Å². The Morgan fingerprint density at radius 3 is 2.47 bits per heavy atom. The van der Waals surface area contributed by atoms with Crippen LogP contribution >= 0.6 is 0 Å². The molecule has 0 atom stereocenters. The van der Waals surface area contributed by atoms with Gasteiger partial charge in [0, 0.05) is 31.3 Å². The molecule has 0 aromatic heterocycles. The summed E-state index contributed by atoms with van der Waals surface area (Å²) in [5.74, 6) is -1.24. The molecule has 3 nitrogen and oxygen atoms in total. The summed E-state index contributed by atoms with van der Waals surface area (Å²) < 4.78 is 26.1. The number of rotatable bonds is 2. The van der Waals surface area contributed by atoms with Gasteiger partial charge in [0.1, 0.15) is 11.6 Å². The van der Waals surface area contributed by atoms with E-state index in [-0.39, 0.29) is 12.6 Å². The van der Waals surface area contributed by atoms with Crippen molar-refractivity contribution < 1.29 is 13.6 Å². The molecule has 1 N–H and O–H groups in total. The van der Waals surface area contributed by atoms with Crippen LogP contribution in [0, 0.1) is 11.6 Å². The van der Waals surface area contributed by atoms with Gasteiger partial charge < -0.3 is 10.2 Å². The van der Waals surface area contributed by atoms with E-state index < -0.39 is 11.6 Å². The monoisotopic (exact) mass is 268 g/mol. The second-order valence-corrected chi connectivity index (χ2v) is 4.80. The minimum atomic E-state index is -0.629. The molecule has 1 aromatic rings. The summed E-state index contributed by atoms with van der Waals surface area (Å²) >= 11 is 0. The average molecular weight is 268 g/mol. The van der Waals surface area contributed by atoms with Gasteiger partial charge in [-0.25, -0.2) is 13.6 Å². The summed E-state index contributed by atoms with van der Waals surface area (Å²) in [4.78, 5) is 13.7. The third-order valence-electron chi connectivity index (χ3n) is 3.34. The third-order valence-corrected chi connectivity index (χ3v) is 3.34. The molecule has 0 aliphatic carbocycles. The van der Waals surface area contributed by atoms with Crippen molar-refractivity contribution in [2.45, 2.75) is 32.2 Å². The molecule has 1 saturated heterocycles. The minimum absolute atomic E-state index is 0.0848. The van der Waals surface area contributed by atoms with E-state index in [4.69, 9.17) is 0 Å². The molecule has 0 unspecified atom stereocenters. The van der Waals surface area contributed by atoms with Crippen LogP contribution < -0.4 is 5.32 Å². The summed E-state index contributed by atoms with van der Waals surface area (Å²) in [6.07, 6.45) is 4.32. The van der Waals surface area contributed by atoms with Gasteiger partial charge in [-0.2, -0.15) is 0 Å². The molecular weight excluding hydrogens is 250 g/mol. The van der Waals surface area contributed by atoms with Crippen molar-refractivity contribution in [3.63, 3.8) is 0 Å². The summed E-state index contributed by atoms with van der Waals surface area (Å²) in [6, 6.07) is 3.20. The van der Waals surface area contributed by atoms with E-state index in [1.165, 1.54) is 12.1 Å². The first-order valence-corrected chi connectivity index (χ1v) is 6.63. The first kappa shape index (κ1) is 13.8. The van der Waals surface area contributed by atoms with Crippen molar-refractivity contribution in [3.05, 3.63) is 35.4 Å². The summed E-state index contributed by atoms with van der Waals surface area (Å²) in [7, 11) is 0. The van der Waals surface area contributed by atoms with Gasteiger partial charge in [-0.05, 0) is 18.9 Å². The highest BCUT2D eigenvalue weighted by molar-refractivity contribution is 5.74. The molecule has 104 valence electrons. The topological polar surface area (TPSA) is 32.3 Å². The minimum Gasteiger partial charge on any atom is -0.334 e. The molecule has 5 heteroatoms. The zero-order valence-electron chi connectivity index (χ0n) is 10.8. The first-order valence-electron chi connectivity index (χ1n) is 6.63. The Balaban J connectivity index is 1.88. The lowest BCUT2D eigenvalue weighted by Crippen LogP contribution is -2.40. The van der Waals surface area contributed by atoms with Crippen LogP contribution in [0.5, 0.6) is 0 Å². The maximum atomic E-state index is 13.4. The van der Waals surface area contributed by atoms with Gasteiger partial charge in [0.05, 0.1) is 0 Å². The highest BCUT2D eigenvalue weighted by atomic mass is 19.1. The number of hydrogen-bond donors (Lipinski definition) is 1. The molecule has 2 rings (SSSR count).